The fourth-order valence-electron chi connectivity index (χ4n) is 2.82. The molecule has 2 aromatic rings. The molecular weight excluding hydrogens is 266 g/mol. The zero-order valence-corrected chi connectivity index (χ0v) is 12.0. The molecule has 0 bridgehead atoms. The second kappa shape index (κ2) is 5.69. The van der Waals surface area contributed by atoms with E-state index in [1.165, 1.54) is 6.20 Å². The van der Waals surface area contributed by atoms with Crippen molar-refractivity contribution in [3.63, 3.8) is 0 Å². The Labute approximate surface area is 123 Å². The molecule has 0 spiro atoms. The third-order valence-corrected chi connectivity index (χ3v) is 4.07. The summed E-state index contributed by atoms with van der Waals surface area (Å²) in [4.78, 5) is 18.0. The number of carbonyl (C=O) groups is 1. The first-order chi connectivity index (χ1) is 10.1. The van der Waals surface area contributed by atoms with Crippen molar-refractivity contribution in [3.05, 3.63) is 36.0 Å². The van der Waals surface area contributed by atoms with E-state index in [0.717, 1.165) is 36.8 Å². The number of carboxylic acid groups (broad SMARTS) is 1. The van der Waals surface area contributed by atoms with E-state index in [4.69, 9.17) is 0 Å². The zero-order valence-electron chi connectivity index (χ0n) is 12.0. The van der Waals surface area contributed by atoms with Gasteiger partial charge in [-0.3, -0.25) is 4.98 Å². The molecule has 0 aliphatic carbocycles. The molecule has 1 aromatic heterocycles. The molecule has 1 aromatic carbocycles. The van der Waals surface area contributed by atoms with Crippen molar-refractivity contribution >= 4 is 22.6 Å². The highest BCUT2D eigenvalue weighted by Gasteiger charge is 2.20. The third kappa shape index (κ3) is 2.83. The maximum absolute atomic E-state index is 11.5. The van der Waals surface area contributed by atoms with Gasteiger partial charge in [-0.2, -0.15) is 0 Å². The van der Waals surface area contributed by atoms with Crippen LogP contribution in [0.1, 0.15) is 23.2 Å². The highest BCUT2D eigenvalue weighted by Crippen LogP contribution is 2.28. The molecule has 1 fully saturated rings. The van der Waals surface area contributed by atoms with Gasteiger partial charge >= 0.3 is 5.97 Å². The number of para-hydroxylation sites is 1. The van der Waals surface area contributed by atoms with Crippen LogP contribution in [0.4, 0.5) is 5.69 Å². The molecule has 1 aliphatic rings. The predicted octanol–water partition coefficient (Wildman–Crippen LogP) is 2.44. The number of hydrogen-bond donors (Lipinski definition) is 2. The number of carboxylic acids is 1. The van der Waals surface area contributed by atoms with E-state index in [2.05, 4.69) is 22.2 Å². The van der Waals surface area contributed by atoms with Crippen molar-refractivity contribution < 1.29 is 9.90 Å². The van der Waals surface area contributed by atoms with E-state index in [1.54, 1.807) is 0 Å². The topological polar surface area (TPSA) is 65.5 Å². The van der Waals surface area contributed by atoms with Crippen LogP contribution in [0, 0.1) is 0 Å². The van der Waals surface area contributed by atoms with Gasteiger partial charge in [0.1, 0.15) is 5.56 Å². The van der Waals surface area contributed by atoms with Crippen LogP contribution in [0.15, 0.2) is 30.5 Å². The average Bonchev–Trinajstić information content (AvgIpc) is 2.49. The normalized spacial score (nSPS) is 17.0. The Kier molecular flexibility index (Phi) is 3.75. The van der Waals surface area contributed by atoms with Crippen molar-refractivity contribution in [3.8, 4) is 0 Å². The maximum Gasteiger partial charge on any atom is 0.339 e. The minimum absolute atomic E-state index is 0.243. The highest BCUT2D eigenvalue weighted by molar-refractivity contribution is 6.04. The minimum atomic E-state index is -0.941. The number of hydrogen-bond acceptors (Lipinski definition) is 4. The molecule has 21 heavy (non-hydrogen) atoms. The van der Waals surface area contributed by atoms with Crippen LogP contribution >= 0.6 is 0 Å². The summed E-state index contributed by atoms with van der Waals surface area (Å²) in [5.41, 5.74) is 1.76. The van der Waals surface area contributed by atoms with Crippen molar-refractivity contribution in [1.29, 1.82) is 0 Å². The predicted molar refractivity (Wildman–Crippen MR) is 82.8 cm³/mol. The van der Waals surface area contributed by atoms with E-state index < -0.39 is 5.97 Å². The van der Waals surface area contributed by atoms with Crippen LogP contribution in [0.25, 0.3) is 10.9 Å². The first-order valence-electron chi connectivity index (χ1n) is 7.21. The molecule has 0 unspecified atom stereocenters. The second-order valence-electron chi connectivity index (χ2n) is 5.59. The first kappa shape index (κ1) is 13.8. The molecular formula is C16H19N3O2. The number of nitrogens with one attached hydrogen (secondary N) is 1. The molecule has 1 aliphatic heterocycles. The number of rotatable bonds is 3. The summed E-state index contributed by atoms with van der Waals surface area (Å²) in [6.07, 6.45) is 3.49. The molecule has 5 nitrogen and oxygen atoms in total. The summed E-state index contributed by atoms with van der Waals surface area (Å²) in [6, 6.07) is 7.96. The molecule has 0 amide bonds. The summed E-state index contributed by atoms with van der Waals surface area (Å²) >= 11 is 0. The van der Waals surface area contributed by atoms with Gasteiger partial charge in [-0.05, 0) is 39.0 Å². The van der Waals surface area contributed by atoms with Crippen LogP contribution in [-0.2, 0) is 0 Å². The molecule has 5 heteroatoms. The fraction of sp³-hybridized carbons (Fsp3) is 0.375. The lowest BCUT2D eigenvalue weighted by molar-refractivity contribution is 0.0697. The van der Waals surface area contributed by atoms with Gasteiger partial charge in [-0.15, -0.1) is 0 Å². The molecule has 2 heterocycles. The van der Waals surface area contributed by atoms with Gasteiger partial charge in [-0.25, -0.2) is 4.79 Å². The lowest BCUT2D eigenvalue weighted by Crippen LogP contribution is -2.37. The zero-order chi connectivity index (χ0) is 14.8. The van der Waals surface area contributed by atoms with Crippen molar-refractivity contribution in [1.82, 2.24) is 9.88 Å². The Balaban J connectivity index is 1.98. The van der Waals surface area contributed by atoms with Crippen LogP contribution in [0.5, 0.6) is 0 Å². The molecule has 2 N–H and O–H groups in total. The van der Waals surface area contributed by atoms with Crippen molar-refractivity contribution in [2.45, 2.75) is 18.9 Å². The molecule has 0 saturated carbocycles. The lowest BCUT2D eigenvalue weighted by Gasteiger charge is -2.30. The summed E-state index contributed by atoms with van der Waals surface area (Å²) in [5, 5.41) is 13.7. The van der Waals surface area contributed by atoms with Gasteiger partial charge in [0.25, 0.3) is 0 Å². The van der Waals surface area contributed by atoms with Gasteiger partial charge < -0.3 is 15.3 Å². The summed E-state index contributed by atoms with van der Waals surface area (Å²) < 4.78 is 0. The number of nitrogens with zero attached hydrogens (tertiary/aromatic N) is 2. The van der Waals surface area contributed by atoms with Crippen LogP contribution < -0.4 is 5.32 Å². The first-order valence-corrected chi connectivity index (χ1v) is 7.21. The summed E-state index contributed by atoms with van der Waals surface area (Å²) in [6.45, 7) is 2.06. The fourth-order valence-corrected chi connectivity index (χ4v) is 2.82. The number of pyridine rings is 1. The van der Waals surface area contributed by atoms with Crippen molar-refractivity contribution in [2.24, 2.45) is 0 Å². The Morgan fingerprint density at radius 2 is 2.05 bits per heavy atom. The van der Waals surface area contributed by atoms with Gasteiger partial charge in [-0.1, -0.05) is 18.2 Å². The summed E-state index contributed by atoms with van der Waals surface area (Å²) in [7, 11) is 2.11. The Morgan fingerprint density at radius 3 is 2.76 bits per heavy atom. The van der Waals surface area contributed by atoms with Crippen molar-refractivity contribution in [2.75, 3.05) is 25.5 Å². The number of aromatic nitrogens is 1. The van der Waals surface area contributed by atoms with Gasteiger partial charge in [0.2, 0.25) is 0 Å². The minimum Gasteiger partial charge on any atom is -0.478 e. The Morgan fingerprint density at radius 1 is 1.33 bits per heavy atom. The molecule has 110 valence electrons. The standard InChI is InChI=1S/C16H19N3O2/c1-19-8-6-11(7-9-19)18-15-12-4-2-3-5-14(12)17-10-13(15)16(20)21/h2-5,10-11H,6-9H2,1H3,(H,17,18)(H,20,21). The maximum atomic E-state index is 11.5. The van der Waals surface area contributed by atoms with Crippen LogP contribution in [0.2, 0.25) is 0 Å². The number of aromatic carboxylic acids is 1. The van der Waals surface area contributed by atoms with Gasteiger partial charge in [0, 0.05) is 17.6 Å². The number of benzene rings is 1. The van der Waals surface area contributed by atoms with Crippen LogP contribution in [-0.4, -0.2) is 47.1 Å². The molecule has 0 radical (unpaired) electrons. The molecule has 1 saturated heterocycles. The Bertz CT molecular complexity index is 664. The average molecular weight is 285 g/mol. The Hall–Kier alpha value is -2.14. The number of fused-ring (bicyclic) bond motifs is 1. The largest absolute Gasteiger partial charge is 0.478 e. The quantitative estimate of drug-likeness (QED) is 0.906. The second-order valence-corrected chi connectivity index (χ2v) is 5.59. The van der Waals surface area contributed by atoms with Gasteiger partial charge in [0.15, 0.2) is 0 Å². The van der Waals surface area contributed by atoms with E-state index in [-0.39, 0.29) is 5.56 Å². The smallest absolute Gasteiger partial charge is 0.339 e. The van der Waals surface area contributed by atoms with Gasteiger partial charge in [0.05, 0.1) is 11.2 Å². The number of piperidine rings is 1. The molecule has 0 atom stereocenters. The SMILES string of the molecule is CN1CCC(Nc2c(C(=O)O)cnc3ccccc23)CC1. The summed E-state index contributed by atoms with van der Waals surface area (Å²) in [5.74, 6) is -0.941. The highest BCUT2D eigenvalue weighted by atomic mass is 16.4. The third-order valence-electron chi connectivity index (χ3n) is 4.07. The van der Waals surface area contributed by atoms with E-state index in [1.807, 2.05) is 24.3 Å². The molecule has 3 rings (SSSR count). The number of anilines is 1. The lowest BCUT2D eigenvalue weighted by atomic mass is 10.0. The number of likely N-dealkylation sites (tertiary alicyclic amines) is 1. The van der Waals surface area contributed by atoms with Crippen LogP contribution in [0.3, 0.4) is 0 Å². The van der Waals surface area contributed by atoms with E-state index in [9.17, 15) is 9.90 Å². The van der Waals surface area contributed by atoms with E-state index in [0.29, 0.717) is 11.7 Å². The monoisotopic (exact) mass is 285 g/mol. The van der Waals surface area contributed by atoms with E-state index >= 15 is 0 Å².